The molecule has 0 aliphatic heterocycles. The van der Waals surface area contributed by atoms with Crippen LogP contribution in [0, 0.1) is 6.92 Å². The lowest BCUT2D eigenvalue weighted by molar-refractivity contribution is 0.334. The molecule has 0 N–H and O–H groups in total. The van der Waals surface area contributed by atoms with Gasteiger partial charge in [0, 0.05) is 11.1 Å². The van der Waals surface area contributed by atoms with Crippen LogP contribution in [0.4, 0.5) is 0 Å². The molecular weight excluding hydrogens is 270 g/mol. The van der Waals surface area contributed by atoms with E-state index < -0.39 is 11.4 Å². The zero-order chi connectivity index (χ0) is 13.6. The zero-order valence-corrected chi connectivity index (χ0v) is 10.6. The third-order valence-corrected chi connectivity index (χ3v) is 2.88. The number of rotatable bonds is 1. The minimum Gasteiger partial charge on any atom is -0.373 e. The van der Waals surface area contributed by atoms with Crippen molar-refractivity contribution in [1.82, 2.24) is 14.1 Å². The van der Waals surface area contributed by atoms with E-state index in [1.54, 1.807) is 31.2 Å². The Kier molecular flexibility index (Phi) is 2.53. The van der Waals surface area contributed by atoms with E-state index in [0.29, 0.717) is 16.5 Å². The second-order valence-electron chi connectivity index (χ2n) is 3.99. The highest BCUT2D eigenvalue weighted by Crippen LogP contribution is 2.11. The summed E-state index contributed by atoms with van der Waals surface area (Å²) in [6, 6.07) is 7.83. The maximum absolute atomic E-state index is 12.2. The van der Waals surface area contributed by atoms with Gasteiger partial charge in [-0.2, -0.15) is 4.98 Å². The van der Waals surface area contributed by atoms with E-state index in [-0.39, 0.29) is 5.65 Å². The summed E-state index contributed by atoms with van der Waals surface area (Å²) in [6.45, 7) is 1.67. The van der Waals surface area contributed by atoms with E-state index in [2.05, 4.69) is 4.98 Å². The van der Waals surface area contributed by atoms with Crippen LogP contribution in [-0.2, 0) is 0 Å². The summed E-state index contributed by atoms with van der Waals surface area (Å²) < 4.78 is 7.10. The van der Waals surface area contributed by atoms with Gasteiger partial charge in [0.15, 0.2) is 5.65 Å². The standard InChI is InChI=1S/C12H8ClN3O3/c1-7-6-10-14-11(17)15(12(18)16(10)19-7)9-4-2-8(13)3-5-9/h2-6H,1H3. The normalized spacial score (nSPS) is 11.1. The van der Waals surface area contributed by atoms with Gasteiger partial charge in [-0.15, -0.1) is 4.57 Å². The lowest BCUT2D eigenvalue weighted by Crippen LogP contribution is -2.37. The van der Waals surface area contributed by atoms with Gasteiger partial charge in [0.25, 0.3) is 0 Å². The average Bonchev–Trinajstić information content (AvgIpc) is 2.72. The van der Waals surface area contributed by atoms with Gasteiger partial charge in [0.1, 0.15) is 5.76 Å². The molecule has 0 saturated heterocycles. The van der Waals surface area contributed by atoms with Crippen LogP contribution in [0.2, 0.25) is 5.02 Å². The van der Waals surface area contributed by atoms with E-state index in [4.69, 9.17) is 16.1 Å². The predicted octanol–water partition coefficient (Wildman–Crippen LogP) is 1.40. The van der Waals surface area contributed by atoms with E-state index >= 15 is 0 Å². The van der Waals surface area contributed by atoms with Crippen molar-refractivity contribution in [3.63, 3.8) is 0 Å². The number of hydrogen-bond acceptors (Lipinski definition) is 4. The highest BCUT2D eigenvalue weighted by Gasteiger charge is 2.12. The minimum absolute atomic E-state index is 0.192. The Morgan fingerprint density at radius 2 is 1.89 bits per heavy atom. The number of aromatic nitrogens is 3. The van der Waals surface area contributed by atoms with Crippen LogP contribution >= 0.6 is 11.6 Å². The van der Waals surface area contributed by atoms with Gasteiger partial charge in [0.2, 0.25) is 0 Å². The number of hydrogen-bond donors (Lipinski definition) is 0. The Hall–Kier alpha value is -2.34. The predicted molar refractivity (Wildman–Crippen MR) is 69.1 cm³/mol. The largest absolute Gasteiger partial charge is 0.373 e. The maximum atomic E-state index is 12.2. The molecule has 7 heteroatoms. The van der Waals surface area contributed by atoms with E-state index in [1.807, 2.05) is 0 Å². The monoisotopic (exact) mass is 277 g/mol. The van der Waals surface area contributed by atoms with Crippen molar-refractivity contribution in [2.24, 2.45) is 0 Å². The van der Waals surface area contributed by atoms with E-state index in [1.165, 1.54) is 6.07 Å². The van der Waals surface area contributed by atoms with Crippen LogP contribution < -0.4 is 11.4 Å². The Bertz CT molecular complexity index is 874. The van der Waals surface area contributed by atoms with E-state index in [0.717, 1.165) is 9.14 Å². The summed E-state index contributed by atoms with van der Waals surface area (Å²) in [5, 5.41) is 0.514. The second-order valence-corrected chi connectivity index (χ2v) is 4.42. The molecular formula is C12H8ClN3O3. The van der Waals surface area contributed by atoms with Crippen LogP contribution in [0.25, 0.3) is 11.3 Å². The van der Waals surface area contributed by atoms with Crippen LogP contribution in [0.1, 0.15) is 5.76 Å². The summed E-state index contributed by atoms with van der Waals surface area (Å²) in [5.74, 6) is 0.498. The highest BCUT2D eigenvalue weighted by molar-refractivity contribution is 6.30. The molecule has 0 atom stereocenters. The molecule has 2 aromatic heterocycles. The van der Waals surface area contributed by atoms with Crippen molar-refractivity contribution in [3.05, 3.63) is 62.1 Å². The van der Waals surface area contributed by atoms with Crippen LogP contribution in [-0.4, -0.2) is 14.1 Å². The lowest BCUT2D eigenvalue weighted by Gasteiger charge is -2.03. The first-order valence-corrected chi connectivity index (χ1v) is 5.83. The quantitative estimate of drug-likeness (QED) is 0.674. The molecule has 0 spiro atoms. The van der Waals surface area contributed by atoms with Crippen LogP contribution in [0.15, 0.2) is 44.4 Å². The van der Waals surface area contributed by atoms with Crippen LogP contribution in [0.5, 0.6) is 0 Å². The molecule has 0 radical (unpaired) electrons. The Labute approximate surface area is 111 Å². The zero-order valence-electron chi connectivity index (χ0n) is 9.83. The summed E-state index contributed by atoms with van der Waals surface area (Å²) in [4.78, 5) is 27.9. The van der Waals surface area contributed by atoms with Gasteiger partial charge in [-0.1, -0.05) is 11.6 Å². The minimum atomic E-state index is -0.659. The van der Waals surface area contributed by atoms with Crippen molar-refractivity contribution in [1.29, 1.82) is 0 Å². The Morgan fingerprint density at radius 3 is 2.58 bits per heavy atom. The topological polar surface area (TPSA) is 69.5 Å². The molecule has 0 fully saturated rings. The summed E-state index contributed by atoms with van der Waals surface area (Å²) >= 11 is 5.77. The molecule has 0 bridgehead atoms. The fraction of sp³-hybridized carbons (Fsp3) is 0.0833. The smallest absolute Gasteiger partial charge is 0.372 e. The van der Waals surface area contributed by atoms with Crippen molar-refractivity contribution >= 4 is 17.2 Å². The highest BCUT2D eigenvalue weighted by atomic mass is 35.5. The molecule has 2 heterocycles. The molecule has 96 valence electrons. The molecule has 0 aliphatic rings. The van der Waals surface area contributed by atoms with Gasteiger partial charge in [-0.05, 0) is 31.2 Å². The number of halogens is 1. The first kappa shape index (κ1) is 11.7. The van der Waals surface area contributed by atoms with Crippen LogP contribution in [0.3, 0.4) is 0 Å². The molecule has 1 aromatic carbocycles. The third kappa shape index (κ3) is 1.86. The van der Waals surface area contributed by atoms with Gasteiger partial charge < -0.3 is 4.52 Å². The number of fused-ring (bicyclic) bond motifs is 1. The van der Waals surface area contributed by atoms with Crippen molar-refractivity contribution in [3.8, 4) is 5.69 Å². The molecule has 0 unspecified atom stereocenters. The molecule has 0 saturated carbocycles. The number of nitrogens with zero attached hydrogens (tertiary/aromatic N) is 3. The summed E-state index contributed by atoms with van der Waals surface area (Å²) in [6.07, 6.45) is 0. The van der Waals surface area contributed by atoms with Gasteiger partial charge in [-0.3, -0.25) is 0 Å². The maximum Gasteiger partial charge on any atom is 0.372 e. The molecule has 0 amide bonds. The molecule has 6 nitrogen and oxygen atoms in total. The first-order valence-electron chi connectivity index (χ1n) is 5.45. The van der Waals surface area contributed by atoms with Gasteiger partial charge in [-0.25, -0.2) is 14.2 Å². The second kappa shape index (κ2) is 4.10. The van der Waals surface area contributed by atoms with Gasteiger partial charge in [0.05, 0.1) is 5.69 Å². The van der Waals surface area contributed by atoms with E-state index in [9.17, 15) is 9.59 Å². The van der Waals surface area contributed by atoms with Crippen molar-refractivity contribution in [2.75, 3.05) is 0 Å². The number of aryl methyl sites for hydroxylation is 1. The summed E-state index contributed by atoms with van der Waals surface area (Å²) in [7, 11) is 0. The lowest BCUT2D eigenvalue weighted by atomic mass is 10.3. The number of benzene rings is 1. The third-order valence-electron chi connectivity index (χ3n) is 2.63. The van der Waals surface area contributed by atoms with Crippen molar-refractivity contribution in [2.45, 2.75) is 6.92 Å². The van der Waals surface area contributed by atoms with Crippen molar-refractivity contribution < 1.29 is 4.52 Å². The Balaban J connectivity index is 2.38. The Morgan fingerprint density at radius 1 is 1.21 bits per heavy atom. The molecule has 3 aromatic rings. The van der Waals surface area contributed by atoms with Gasteiger partial charge >= 0.3 is 11.4 Å². The summed E-state index contributed by atoms with van der Waals surface area (Å²) in [5.41, 5.74) is -0.688. The fourth-order valence-electron chi connectivity index (χ4n) is 1.80. The first-order chi connectivity index (χ1) is 9.06. The SMILES string of the molecule is Cc1cc2nc(=O)n(-c3ccc(Cl)cc3)c(=O)n2o1. The molecule has 19 heavy (non-hydrogen) atoms. The fourth-order valence-corrected chi connectivity index (χ4v) is 1.93. The molecule has 3 rings (SSSR count). The average molecular weight is 278 g/mol. The molecule has 0 aliphatic carbocycles.